The molecule has 0 spiro atoms. The van der Waals surface area contributed by atoms with E-state index < -0.39 is 0 Å². The maximum atomic E-state index is 12.1. The van der Waals surface area contributed by atoms with Gasteiger partial charge < -0.3 is 10.2 Å². The first-order valence-corrected chi connectivity index (χ1v) is 7.99. The molecule has 3 heterocycles. The van der Waals surface area contributed by atoms with Crippen LogP contribution < -0.4 is 5.32 Å². The molecule has 0 bridgehead atoms. The van der Waals surface area contributed by atoms with E-state index in [9.17, 15) is 4.79 Å². The van der Waals surface area contributed by atoms with Crippen LogP contribution in [0.5, 0.6) is 0 Å². The van der Waals surface area contributed by atoms with Gasteiger partial charge in [-0.1, -0.05) is 6.07 Å². The quantitative estimate of drug-likeness (QED) is 0.923. The van der Waals surface area contributed by atoms with Crippen LogP contribution in [0.3, 0.4) is 0 Å². The Hall–Kier alpha value is -1.62. The third-order valence-electron chi connectivity index (χ3n) is 4.42. The van der Waals surface area contributed by atoms with Gasteiger partial charge in [0.2, 0.25) is 0 Å². The van der Waals surface area contributed by atoms with Gasteiger partial charge in [0.05, 0.1) is 5.69 Å². The van der Waals surface area contributed by atoms with Crippen molar-refractivity contribution in [2.24, 2.45) is 0 Å². The third-order valence-corrected chi connectivity index (χ3v) is 4.42. The number of amides is 2. The van der Waals surface area contributed by atoms with Crippen molar-refractivity contribution < 1.29 is 4.79 Å². The van der Waals surface area contributed by atoms with Crippen LogP contribution in [0.2, 0.25) is 0 Å². The normalized spacial score (nSPS) is 20.7. The Balaban J connectivity index is 1.41. The highest BCUT2D eigenvalue weighted by Gasteiger charge is 2.24. The molecule has 5 nitrogen and oxygen atoms in total. The molecule has 0 unspecified atom stereocenters. The minimum Gasteiger partial charge on any atom is -0.335 e. The average molecular weight is 288 g/mol. The number of carbonyl (C=O) groups excluding carboxylic acids is 1. The second kappa shape index (κ2) is 6.89. The fourth-order valence-electron chi connectivity index (χ4n) is 3.14. The standard InChI is InChI=1S/C16H24N4O/c21-16(20-9-3-4-10-20)18-14-6-11-19(12-7-14)13-15-5-1-2-8-17-15/h1-2,5,8,14H,3-4,6-7,9-13H2,(H,18,21). The maximum absolute atomic E-state index is 12.1. The molecule has 114 valence electrons. The lowest BCUT2D eigenvalue weighted by Crippen LogP contribution is -2.48. The molecule has 2 fully saturated rings. The summed E-state index contributed by atoms with van der Waals surface area (Å²) >= 11 is 0. The number of hydrogen-bond acceptors (Lipinski definition) is 3. The Bertz CT molecular complexity index is 451. The van der Waals surface area contributed by atoms with Crippen molar-refractivity contribution in [3.63, 3.8) is 0 Å². The number of likely N-dealkylation sites (tertiary alicyclic amines) is 2. The number of nitrogens with zero attached hydrogens (tertiary/aromatic N) is 3. The SMILES string of the molecule is O=C(NC1CCN(Cc2ccccn2)CC1)N1CCCC1. The second-order valence-electron chi connectivity index (χ2n) is 6.02. The monoisotopic (exact) mass is 288 g/mol. The molecule has 0 aromatic carbocycles. The minimum atomic E-state index is 0.135. The first-order chi connectivity index (χ1) is 10.3. The predicted molar refractivity (Wildman–Crippen MR) is 81.9 cm³/mol. The summed E-state index contributed by atoms with van der Waals surface area (Å²) in [7, 11) is 0. The number of rotatable bonds is 3. The van der Waals surface area contributed by atoms with Crippen LogP contribution in [0.15, 0.2) is 24.4 Å². The molecule has 1 N–H and O–H groups in total. The van der Waals surface area contributed by atoms with Gasteiger partial charge in [0.15, 0.2) is 0 Å². The van der Waals surface area contributed by atoms with Crippen molar-refractivity contribution in [3.05, 3.63) is 30.1 Å². The zero-order valence-corrected chi connectivity index (χ0v) is 12.5. The molecule has 2 saturated heterocycles. The van der Waals surface area contributed by atoms with Crippen molar-refractivity contribution >= 4 is 6.03 Å². The Morgan fingerprint density at radius 3 is 2.62 bits per heavy atom. The van der Waals surface area contributed by atoms with Gasteiger partial charge in [-0.05, 0) is 37.8 Å². The highest BCUT2D eigenvalue weighted by molar-refractivity contribution is 5.74. The number of aromatic nitrogens is 1. The van der Waals surface area contributed by atoms with E-state index in [1.165, 1.54) is 0 Å². The first-order valence-electron chi connectivity index (χ1n) is 7.99. The average Bonchev–Trinajstić information content (AvgIpc) is 3.05. The van der Waals surface area contributed by atoms with Crippen molar-refractivity contribution in [2.75, 3.05) is 26.2 Å². The predicted octanol–water partition coefficient (Wildman–Crippen LogP) is 1.85. The molecule has 0 atom stereocenters. The van der Waals surface area contributed by atoms with Crippen LogP contribution in [-0.2, 0) is 6.54 Å². The van der Waals surface area contributed by atoms with Gasteiger partial charge in [-0.25, -0.2) is 4.79 Å². The lowest BCUT2D eigenvalue weighted by atomic mass is 10.1. The third kappa shape index (κ3) is 3.94. The van der Waals surface area contributed by atoms with E-state index in [-0.39, 0.29) is 6.03 Å². The fraction of sp³-hybridized carbons (Fsp3) is 0.625. The fourth-order valence-corrected chi connectivity index (χ4v) is 3.14. The van der Waals surface area contributed by atoms with Gasteiger partial charge in [-0.15, -0.1) is 0 Å². The van der Waals surface area contributed by atoms with E-state index in [4.69, 9.17) is 0 Å². The molecule has 21 heavy (non-hydrogen) atoms. The number of carbonyl (C=O) groups is 1. The highest BCUT2D eigenvalue weighted by atomic mass is 16.2. The van der Waals surface area contributed by atoms with Crippen LogP contribution in [0.4, 0.5) is 4.79 Å². The van der Waals surface area contributed by atoms with Crippen molar-refractivity contribution in [2.45, 2.75) is 38.3 Å². The maximum Gasteiger partial charge on any atom is 0.317 e. The number of pyridine rings is 1. The van der Waals surface area contributed by atoms with Gasteiger partial charge >= 0.3 is 6.03 Å². The topological polar surface area (TPSA) is 48.5 Å². The van der Waals surface area contributed by atoms with E-state index in [0.29, 0.717) is 6.04 Å². The molecule has 1 aromatic rings. The lowest BCUT2D eigenvalue weighted by Gasteiger charge is -2.33. The molecule has 5 heteroatoms. The van der Waals surface area contributed by atoms with Crippen LogP contribution in [0, 0.1) is 0 Å². The summed E-state index contributed by atoms with van der Waals surface area (Å²) in [4.78, 5) is 20.8. The number of urea groups is 1. The van der Waals surface area contributed by atoms with Gasteiger partial charge in [0.1, 0.15) is 0 Å². The van der Waals surface area contributed by atoms with Crippen LogP contribution in [0.25, 0.3) is 0 Å². The summed E-state index contributed by atoms with van der Waals surface area (Å²) in [6, 6.07) is 6.52. The number of piperidine rings is 1. The molecule has 2 amide bonds. The Labute approximate surface area is 126 Å². The second-order valence-corrected chi connectivity index (χ2v) is 6.02. The van der Waals surface area contributed by atoms with Crippen LogP contribution in [-0.4, -0.2) is 53.0 Å². The smallest absolute Gasteiger partial charge is 0.317 e. The minimum absolute atomic E-state index is 0.135. The summed E-state index contributed by atoms with van der Waals surface area (Å²) in [5, 5.41) is 3.19. The van der Waals surface area contributed by atoms with Crippen LogP contribution in [0.1, 0.15) is 31.4 Å². The van der Waals surface area contributed by atoms with Crippen molar-refractivity contribution in [1.29, 1.82) is 0 Å². The molecule has 3 rings (SSSR count). The molecule has 0 aliphatic carbocycles. The zero-order chi connectivity index (χ0) is 14.5. The Kier molecular flexibility index (Phi) is 4.70. The zero-order valence-electron chi connectivity index (χ0n) is 12.5. The molecule has 0 saturated carbocycles. The molecule has 2 aliphatic rings. The van der Waals surface area contributed by atoms with Gasteiger partial charge in [0, 0.05) is 45.0 Å². The van der Waals surface area contributed by atoms with Crippen molar-refractivity contribution in [3.8, 4) is 0 Å². The summed E-state index contributed by atoms with van der Waals surface area (Å²) in [6.07, 6.45) is 6.21. The molecule has 0 radical (unpaired) electrons. The summed E-state index contributed by atoms with van der Waals surface area (Å²) in [5.41, 5.74) is 1.12. The largest absolute Gasteiger partial charge is 0.335 e. The highest BCUT2D eigenvalue weighted by Crippen LogP contribution is 2.14. The van der Waals surface area contributed by atoms with E-state index in [1.807, 2.05) is 23.2 Å². The number of hydrogen-bond donors (Lipinski definition) is 1. The van der Waals surface area contributed by atoms with E-state index in [0.717, 1.165) is 64.1 Å². The molecule has 2 aliphatic heterocycles. The lowest BCUT2D eigenvalue weighted by molar-refractivity contribution is 0.173. The van der Waals surface area contributed by atoms with Crippen LogP contribution >= 0.6 is 0 Å². The Morgan fingerprint density at radius 2 is 1.95 bits per heavy atom. The first kappa shape index (κ1) is 14.3. The van der Waals surface area contributed by atoms with E-state index >= 15 is 0 Å². The molecular weight excluding hydrogens is 264 g/mol. The van der Waals surface area contributed by atoms with Gasteiger partial charge in [0.25, 0.3) is 0 Å². The summed E-state index contributed by atoms with van der Waals surface area (Å²) in [5.74, 6) is 0. The van der Waals surface area contributed by atoms with E-state index in [1.54, 1.807) is 0 Å². The van der Waals surface area contributed by atoms with E-state index in [2.05, 4.69) is 21.3 Å². The summed E-state index contributed by atoms with van der Waals surface area (Å²) in [6.45, 7) is 4.81. The molecule has 1 aromatic heterocycles. The molecular formula is C16H24N4O. The van der Waals surface area contributed by atoms with Crippen molar-refractivity contribution in [1.82, 2.24) is 20.1 Å². The number of nitrogens with one attached hydrogen (secondary N) is 1. The van der Waals surface area contributed by atoms with Gasteiger partial charge in [-0.2, -0.15) is 0 Å². The van der Waals surface area contributed by atoms with Gasteiger partial charge in [-0.3, -0.25) is 9.88 Å². The Morgan fingerprint density at radius 1 is 1.19 bits per heavy atom. The summed E-state index contributed by atoms with van der Waals surface area (Å²) < 4.78 is 0.